The fourth-order valence-corrected chi connectivity index (χ4v) is 4.02. The fraction of sp³-hybridized carbons (Fsp3) is 0.941. The number of ether oxygens (including phenoxy) is 1. The van der Waals surface area contributed by atoms with E-state index in [1.807, 2.05) is 0 Å². The minimum absolute atomic E-state index is 0.0290. The largest absolute Gasteiger partial charge is 0.392 e. The third-order valence-corrected chi connectivity index (χ3v) is 5.78. The van der Waals surface area contributed by atoms with Gasteiger partial charge in [0, 0.05) is 33.4 Å². The number of alkyl halides is 3. The van der Waals surface area contributed by atoms with Crippen molar-refractivity contribution in [3.8, 4) is 0 Å². The van der Waals surface area contributed by atoms with Crippen LogP contribution in [0.15, 0.2) is 0 Å². The zero-order valence-corrected chi connectivity index (χ0v) is 14.8. The second-order valence-electron chi connectivity index (χ2n) is 8.05. The molecule has 140 valence electrons. The summed E-state index contributed by atoms with van der Waals surface area (Å²) in [4.78, 5) is 13.9. The molecule has 1 saturated heterocycles. The minimum Gasteiger partial charge on any atom is -0.385 e. The van der Waals surface area contributed by atoms with Crippen LogP contribution in [0.4, 0.5) is 18.0 Å². The Hall–Kier alpha value is -0.980. The molecule has 1 aliphatic carbocycles. The molecule has 7 heteroatoms. The third-order valence-electron chi connectivity index (χ3n) is 5.78. The lowest BCUT2D eigenvalue weighted by Crippen LogP contribution is -2.55. The molecule has 0 bridgehead atoms. The SMILES string of the molecule is COCCC1(CNC(=O)N2CC[C@@H](C(F)(F)F)C(C)(C)C2)CCC1. The summed E-state index contributed by atoms with van der Waals surface area (Å²) in [5.74, 6) is -1.35. The number of carbonyl (C=O) groups excluding carboxylic acids is 1. The van der Waals surface area contributed by atoms with E-state index in [1.54, 1.807) is 21.0 Å². The number of urea groups is 1. The summed E-state index contributed by atoms with van der Waals surface area (Å²) in [6, 6.07) is -0.243. The van der Waals surface area contributed by atoms with Gasteiger partial charge in [0.2, 0.25) is 0 Å². The summed E-state index contributed by atoms with van der Waals surface area (Å²) in [6.07, 6.45) is -0.0352. The van der Waals surface area contributed by atoms with Crippen molar-refractivity contribution in [2.75, 3.05) is 33.4 Å². The zero-order chi connectivity index (χ0) is 18.0. The Labute approximate surface area is 142 Å². The Morgan fingerprint density at radius 1 is 1.33 bits per heavy atom. The van der Waals surface area contributed by atoms with Gasteiger partial charge in [0.25, 0.3) is 0 Å². The lowest BCUT2D eigenvalue weighted by molar-refractivity contribution is -0.214. The number of piperidine rings is 1. The topological polar surface area (TPSA) is 41.6 Å². The van der Waals surface area contributed by atoms with Crippen molar-refractivity contribution in [1.82, 2.24) is 10.2 Å². The maximum absolute atomic E-state index is 13.1. The van der Waals surface area contributed by atoms with Crippen LogP contribution in [0, 0.1) is 16.7 Å². The number of methoxy groups -OCH3 is 1. The predicted molar refractivity (Wildman–Crippen MR) is 85.7 cm³/mol. The number of nitrogens with zero attached hydrogens (tertiary/aromatic N) is 1. The fourth-order valence-electron chi connectivity index (χ4n) is 4.02. The average Bonchev–Trinajstić information content (AvgIpc) is 2.43. The summed E-state index contributed by atoms with van der Waals surface area (Å²) in [7, 11) is 1.66. The smallest absolute Gasteiger partial charge is 0.385 e. The van der Waals surface area contributed by atoms with Crippen molar-refractivity contribution in [2.45, 2.75) is 52.1 Å². The molecule has 1 N–H and O–H groups in total. The first-order valence-electron chi connectivity index (χ1n) is 8.68. The molecule has 1 saturated carbocycles. The van der Waals surface area contributed by atoms with Crippen LogP contribution in [-0.2, 0) is 4.74 Å². The Morgan fingerprint density at radius 3 is 2.46 bits per heavy atom. The lowest BCUT2D eigenvalue weighted by Gasteiger charge is -2.46. The molecule has 0 aromatic rings. The zero-order valence-electron chi connectivity index (χ0n) is 14.8. The second-order valence-corrected chi connectivity index (χ2v) is 8.05. The van der Waals surface area contributed by atoms with Crippen molar-refractivity contribution in [2.24, 2.45) is 16.7 Å². The minimum atomic E-state index is -4.21. The Kier molecular flexibility index (Phi) is 5.72. The van der Waals surface area contributed by atoms with Crippen molar-refractivity contribution in [3.63, 3.8) is 0 Å². The molecule has 0 radical (unpaired) electrons. The summed E-state index contributed by atoms with van der Waals surface area (Å²) in [6.45, 7) is 4.72. The molecule has 0 aromatic heterocycles. The summed E-state index contributed by atoms with van der Waals surface area (Å²) >= 11 is 0. The van der Waals surface area contributed by atoms with E-state index in [9.17, 15) is 18.0 Å². The first-order chi connectivity index (χ1) is 11.1. The molecule has 1 atom stereocenters. The Balaban J connectivity index is 1.88. The van der Waals surface area contributed by atoms with Crippen molar-refractivity contribution in [3.05, 3.63) is 0 Å². The van der Waals surface area contributed by atoms with Crippen LogP contribution in [0.3, 0.4) is 0 Å². The molecule has 2 amide bonds. The van der Waals surface area contributed by atoms with Gasteiger partial charge in [-0.05, 0) is 36.5 Å². The number of hydrogen-bond acceptors (Lipinski definition) is 2. The number of rotatable bonds is 5. The summed E-state index contributed by atoms with van der Waals surface area (Å²) in [5.41, 5.74) is -0.858. The van der Waals surface area contributed by atoms with Gasteiger partial charge in [0.05, 0.1) is 5.92 Å². The molecule has 24 heavy (non-hydrogen) atoms. The molecule has 2 rings (SSSR count). The predicted octanol–water partition coefficient (Wildman–Crippen LogP) is 3.81. The van der Waals surface area contributed by atoms with E-state index in [-0.39, 0.29) is 31.0 Å². The number of likely N-dealkylation sites (tertiary alicyclic amines) is 1. The molecular formula is C17H29F3N2O2. The molecule has 4 nitrogen and oxygen atoms in total. The van der Waals surface area contributed by atoms with Gasteiger partial charge >= 0.3 is 12.2 Å². The van der Waals surface area contributed by atoms with Gasteiger partial charge in [0.1, 0.15) is 0 Å². The maximum Gasteiger partial charge on any atom is 0.392 e. The highest BCUT2D eigenvalue weighted by molar-refractivity contribution is 5.74. The van der Waals surface area contributed by atoms with Crippen molar-refractivity contribution in [1.29, 1.82) is 0 Å². The summed E-state index contributed by atoms with van der Waals surface area (Å²) in [5, 5.41) is 2.95. The monoisotopic (exact) mass is 350 g/mol. The molecule has 0 spiro atoms. The van der Waals surface area contributed by atoms with Gasteiger partial charge < -0.3 is 15.0 Å². The maximum atomic E-state index is 13.1. The van der Waals surface area contributed by atoms with E-state index in [4.69, 9.17) is 4.74 Å². The van der Waals surface area contributed by atoms with E-state index >= 15 is 0 Å². The average molecular weight is 350 g/mol. The van der Waals surface area contributed by atoms with Crippen LogP contribution in [-0.4, -0.2) is 50.5 Å². The molecule has 2 aliphatic rings. The number of carbonyl (C=O) groups is 1. The molecule has 0 aromatic carbocycles. The molecule has 2 fully saturated rings. The first-order valence-corrected chi connectivity index (χ1v) is 8.68. The Bertz CT molecular complexity index is 448. The van der Waals surface area contributed by atoms with E-state index in [0.29, 0.717) is 13.2 Å². The van der Waals surface area contributed by atoms with Crippen LogP contribution in [0.2, 0.25) is 0 Å². The number of hydrogen-bond donors (Lipinski definition) is 1. The first kappa shape index (κ1) is 19.3. The van der Waals surface area contributed by atoms with E-state index in [1.165, 1.54) is 4.90 Å². The van der Waals surface area contributed by atoms with Gasteiger partial charge in [-0.25, -0.2) is 4.79 Å². The van der Waals surface area contributed by atoms with Crippen LogP contribution >= 0.6 is 0 Å². The van der Waals surface area contributed by atoms with Gasteiger partial charge in [-0.15, -0.1) is 0 Å². The number of halogens is 3. The number of nitrogens with one attached hydrogen (secondary N) is 1. The van der Waals surface area contributed by atoms with Crippen LogP contribution in [0.5, 0.6) is 0 Å². The standard InChI is InChI=1S/C17H29F3N2O2/c1-15(2)12-22(9-5-13(15)17(18,19)20)14(23)21-11-16(6-4-7-16)8-10-24-3/h13H,4-12H2,1-3H3,(H,21,23)/t13-/m1/s1. The highest BCUT2D eigenvalue weighted by Crippen LogP contribution is 2.45. The van der Waals surface area contributed by atoms with Gasteiger partial charge in [-0.1, -0.05) is 20.3 Å². The van der Waals surface area contributed by atoms with Gasteiger partial charge in [0.15, 0.2) is 0 Å². The molecule has 0 unspecified atom stereocenters. The lowest BCUT2D eigenvalue weighted by atomic mass is 9.67. The van der Waals surface area contributed by atoms with Crippen molar-refractivity contribution < 1.29 is 22.7 Å². The van der Waals surface area contributed by atoms with Gasteiger partial charge in [-0.3, -0.25) is 0 Å². The molecule has 1 heterocycles. The van der Waals surface area contributed by atoms with Crippen LogP contribution in [0.1, 0.15) is 46.0 Å². The van der Waals surface area contributed by atoms with E-state index in [2.05, 4.69) is 5.32 Å². The van der Waals surface area contributed by atoms with Crippen LogP contribution in [0.25, 0.3) is 0 Å². The second kappa shape index (κ2) is 7.10. The van der Waals surface area contributed by atoms with Gasteiger partial charge in [-0.2, -0.15) is 13.2 Å². The third kappa shape index (κ3) is 4.35. The van der Waals surface area contributed by atoms with Crippen molar-refractivity contribution >= 4 is 6.03 Å². The highest BCUT2D eigenvalue weighted by Gasteiger charge is 2.51. The summed E-state index contributed by atoms with van der Waals surface area (Å²) < 4.78 is 44.5. The van der Waals surface area contributed by atoms with E-state index < -0.39 is 17.5 Å². The van der Waals surface area contributed by atoms with Crippen LogP contribution < -0.4 is 5.32 Å². The normalized spacial score (nSPS) is 25.9. The molecular weight excluding hydrogens is 321 g/mol. The molecule has 1 aliphatic heterocycles. The highest BCUT2D eigenvalue weighted by atomic mass is 19.4. The quantitative estimate of drug-likeness (QED) is 0.819. The van der Waals surface area contributed by atoms with E-state index in [0.717, 1.165) is 25.7 Å². The number of amides is 2. The Morgan fingerprint density at radius 2 is 2.00 bits per heavy atom.